The predicted octanol–water partition coefficient (Wildman–Crippen LogP) is 11.2. The van der Waals surface area contributed by atoms with Crippen LogP contribution >= 0.6 is 0 Å². The van der Waals surface area contributed by atoms with Gasteiger partial charge in [-0.1, -0.05) is 149 Å². The van der Waals surface area contributed by atoms with Gasteiger partial charge in [-0.3, -0.25) is 4.79 Å². The van der Waals surface area contributed by atoms with Crippen molar-refractivity contribution in [2.75, 3.05) is 19.8 Å². The number of carbonyl (C=O) groups excluding carboxylic acids is 3. The van der Waals surface area contributed by atoms with Crippen LogP contribution in [-0.4, -0.2) is 37.7 Å². The number of benzene rings is 1. The molecule has 0 fully saturated rings. The zero-order chi connectivity index (χ0) is 32.5. The lowest BCUT2D eigenvalue weighted by Gasteiger charge is -2.09. The van der Waals surface area contributed by atoms with E-state index >= 15 is 0 Å². The van der Waals surface area contributed by atoms with Crippen molar-refractivity contribution in [3.63, 3.8) is 0 Å². The number of hydrogen-bond donors (Lipinski definition) is 0. The van der Waals surface area contributed by atoms with Crippen molar-refractivity contribution >= 4 is 17.9 Å². The van der Waals surface area contributed by atoms with Crippen LogP contribution < -0.4 is 0 Å². The van der Waals surface area contributed by atoms with E-state index in [1.807, 2.05) is 13.8 Å². The quantitative estimate of drug-likeness (QED) is 0.0554. The van der Waals surface area contributed by atoms with Gasteiger partial charge in [-0.05, 0) is 37.8 Å². The fourth-order valence-electron chi connectivity index (χ4n) is 4.66. The highest BCUT2D eigenvalue weighted by Gasteiger charge is 2.18. The van der Waals surface area contributed by atoms with Crippen LogP contribution in [0.3, 0.4) is 0 Å². The average molecular weight is 619 g/mol. The van der Waals surface area contributed by atoms with Crippen LogP contribution in [0.4, 0.5) is 0 Å². The van der Waals surface area contributed by atoms with E-state index in [2.05, 4.69) is 13.8 Å². The van der Waals surface area contributed by atoms with Gasteiger partial charge in [0.15, 0.2) is 0 Å². The van der Waals surface area contributed by atoms with Gasteiger partial charge in [-0.15, -0.1) is 0 Å². The van der Waals surface area contributed by atoms with Crippen LogP contribution in [-0.2, 0) is 19.0 Å². The lowest BCUT2D eigenvalue weighted by molar-refractivity contribution is -0.143. The zero-order valence-corrected chi connectivity index (χ0v) is 28.9. The van der Waals surface area contributed by atoms with Crippen molar-refractivity contribution < 1.29 is 28.6 Å². The molecule has 6 nitrogen and oxygen atoms in total. The Hall–Kier alpha value is -2.37. The van der Waals surface area contributed by atoms with Crippen molar-refractivity contribution in [2.45, 2.75) is 169 Å². The lowest BCUT2D eigenvalue weighted by Crippen LogP contribution is -2.14. The number of unbranched alkanes of at least 4 members (excludes halogenated alkanes) is 17. The molecule has 0 saturated heterocycles. The Morgan fingerprint density at radius 2 is 0.750 bits per heavy atom. The first-order valence-corrected chi connectivity index (χ1v) is 18.1. The second kappa shape index (κ2) is 32.0. The molecule has 0 heterocycles. The van der Waals surface area contributed by atoms with Gasteiger partial charge in [-0.25, -0.2) is 9.59 Å². The Kier molecular flexibility index (Phi) is 30.3. The van der Waals surface area contributed by atoms with Gasteiger partial charge in [0.05, 0.1) is 30.9 Å². The van der Waals surface area contributed by atoms with Gasteiger partial charge in [0.2, 0.25) is 0 Å². The van der Waals surface area contributed by atoms with E-state index in [1.54, 1.807) is 24.3 Å². The van der Waals surface area contributed by atoms with E-state index in [0.717, 1.165) is 44.9 Å². The summed E-state index contributed by atoms with van der Waals surface area (Å²) in [7, 11) is 0. The van der Waals surface area contributed by atoms with Gasteiger partial charge in [0.25, 0.3) is 0 Å². The molecule has 0 amide bonds. The summed E-state index contributed by atoms with van der Waals surface area (Å²) in [5.74, 6) is -0.943. The molecular weight excluding hydrogens is 552 g/mol. The van der Waals surface area contributed by atoms with Gasteiger partial charge in [0.1, 0.15) is 0 Å². The number of ether oxygens (including phenoxy) is 3. The summed E-state index contributed by atoms with van der Waals surface area (Å²) in [6, 6.07) is 6.59. The molecule has 254 valence electrons. The Labute approximate surface area is 270 Å². The van der Waals surface area contributed by atoms with Gasteiger partial charge in [0, 0.05) is 6.42 Å². The van der Waals surface area contributed by atoms with Crippen LogP contribution in [0.15, 0.2) is 24.3 Å². The smallest absolute Gasteiger partial charge is 0.339 e. The minimum Gasteiger partial charge on any atom is -0.466 e. The monoisotopic (exact) mass is 618 g/mol. The maximum atomic E-state index is 11.9. The molecule has 1 aromatic carbocycles. The third kappa shape index (κ3) is 25.0. The van der Waals surface area contributed by atoms with E-state index in [1.165, 1.54) is 89.9 Å². The zero-order valence-electron chi connectivity index (χ0n) is 28.9. The van der Waals surface area contributed by atoms with Gasteiger partial charge in [-0.2, -0.15) is 0 Å². The third-order valence-electron chi connectivity index (χ3n) is 7.57. The highest BCUT2D eigenvalue weighted by molar-refractivity contribution is 6.03. The molecule has 0 unspecified atom stereocenters. The van der Waals surface area contributed by atoms with Crippen molar-refractivity contribution in [1.82, 2.24) is 0 Å². The second-order valence-corrected chi connectivity index (χ2v) is 11.8. The number of rotatable bonds is 27. The fourth-order valence-corrected chi connectivity index (χ4v) is 4.66. The molecule has 0 saturated carbocycles. The van der Waals surface area contributed by atoms with Gasteiger partial charge < -0.3 is 14.2 Å². The maximum Gasteiger partial charge on any atom is 0.339 e. The average Bonchev–Trinajstić information content (AvgIpc) is 3.03. The highest BCUT2D eigenvalue weighted by Crippen LogP contribution is 2.15. The van der Waals surface area contributed by atoms with Crippen LogP contribution in [0.5, 0.6) is 0 Å². The molecule has 0 N–H and O–H groups in total. The van der Waals surface area contributed by atoms with E-state index in [-0.39, 0.29) is 17.1 Å². The van der Waals surface area contributed by atoms with Crippen LogP contribution in [0, 0.1) is 0 Å². The molecule has 0 radical (unpaired) electrons. The molecule has 1 aromatic rings. The maximum absolute atomic E-state index is 11.9. The normalized spacial score (nSPS) is 10.5. The summed E-state index contributed by atoms with van der Waals surface area (Å²) in [6.45, 7) is 9.78. The molecule has 44 heavy (non-hydrogen) atoms. The minimum absolute atomic E-state index is 0.00172. The lowest BCUT2D eigenvalue weighted by atomic mass is 10.0. The van der Waals surface area contributed by atoms with Crippen molar-refractivity contribution in [2.24, 2.45) is 0 Å². The summed E-state index contributed by atoms with van der Waals surface area (Å²) < 4.78 is 15.4. The van der Waals surface area contributed by atoms with Crippen molar-refractivity contribution in [3.8, 4) is 0 Å². The van der Waals surface area contributed by atoms with E-state index in [0.29, 0.717) is 26.2 Å². The fraction of sp³-hybridized carbons (Fsp3) is 0.763. The largest absolute Gasteiger partial charge is 0.466 e. The summed E-state index contributed by atoms with van der Waals surface area (Å²) in [5.41, 5.74) is 0.537. The Balaban J connectivity index is 0.000000853. The molecule has 0 atom stereocenters. The summed E-state index contributed by atoms with van der Waals surface area (Å²) >= 11 is 0. The summed E-state index contributed by atoms with van der Waals surface area (Å²) in [6.07, 6.45) is 26.6. The second-order valence-electron chi connectivity index (χ2n) is 11.8. The van der Waals surface area contributed by atoms with Crippen molar-refractivity contribution in [1.29, 1.82) is 0 Å². The van der Waals surface area contributed by atoms with Crippen molar-refractivity contribution in [3.05, 3.63) is 35.4 Å². The molecule has 0 bridgehead atoms. The standard InChI is InChI=1S/C22H44O2.C16H22O4/c1-3-5-7-8-9-10-11-12-13-14-15-16-17-18-19-20-22(23)24-21-6-4-2;1-3-5-11-19-15(17)13-9-7-8-10-14(13)16(18)20-12-6-4-2/h3-21H2,1-2H3;7-10H,3-6,11-12H2,1-2H3. The van der Waals surface area contributed by atoms with Crippen LogP contribution in [0.2, 0.25) is 0 Å². The topological polar surface area (TPSA) is 78.9 Å². The molecule has 0 aromatic heterocycles. The molecular formula is C38H66O6. The molecule has 6 heteroatoms. The number of hydrogen-bond acceptors (Lipinski definition) is 6. The first kappa shape index (κ1) is 41.6. The highest BCUT2D eigenvalue weighted by atomic mass is 16.5. The first-order valence-electron chi connectivity index (χ1n) is 18.1. The predicted molar refractivity (Wildman–Crippen MR) is 182 cm³/mol. The van der Waals surface area contributed by atoms with Gasteiger partial charge >= 0.3 is 17.9 Å². The van der Waals surface area contributed by atoms with E-state index < -0.39 is 11.9 Å². The third-order valence-corrected chi connectivity index (χ3v) is 7.57. The number of esters is 3. The molecule has 0 spiro atoms. The Morgan fingerprint density at radius 3 is 1.11 bits per heavy atom. The summed E-state index contributed by atoms with van der Waals surface area (Å²) in [5, 5.41) is 0. The molecule has 0 aliphatic carbocycles. The molecule has 1 rings (SSSR count). The Bertz CT molecular complexity index is 780. The van der Waals surface area contributed by atoms with Crippen LogP contribution in [0.1, 0.15) is 190 Å². The van der Waals surface area contributed by atoms with E-state index in [9.17, 15) is 14.4 Å². The minimum atomic E-state index is -0.471. The number of carbonyl (C=O) groups is 3. The first-order chi connectivity index (χ1) is 21.5. The molecule has 0 aliphatic rings. The van der Waals surface area contributed by atoms with Crippen LogP contribution in [0.25, 0.3) is 0 Å². The summed E-state index contributed by atoms with van der Waals surface area (Å²) in [4.78, 5) is 35.3. The van der Waals surface area contributed by atoms with E-state index in [4.69, 9.17) is 14.2 Å². The SMILES string of the molecule is CCCCCCCCCCCCCCCCCC(=O)OCCCC.CCCCOC(=O)c1ccccc1C(=O)OCCCC. The Morgan fingerprint density at radius 1 is 0.432 bits per heavy atom. The molecule has 0 aliphatic heterocycles.